The van der Waals surface area contributed by atoms with Gasteiger partial charge in [-0.2, -0.15) is 0 Å². The molecule has 0 saturated carbocycles. The highest BCUT2D eigenvalue weighted by atomic mass is 32.1. The Kier molecular flexibility index (Phi) is 4.15. The van der Waals surface area contributed by atoms with Crippen LogP contribution in [0.4, 0.5) is 11.4 Å². The molecule has 2 rings (SSSR count). The summed E-state index contributed by atoms with van der Waals surface area (Å²) in [7, 11) is 4.13. The molecule has 0 aliphatic carbocycles. The van der Waals surface area contributed by atoms with Crippen LogP contribution in [-0.4, -0.2) is 14.1 Å². The maximum absolute atomic E-state index is 3.59. The first kappa shape index (κ1) is 13.9. The van der Waals surface area contributed by atoms with Crippen LogP contribution in [0.25, 0.3) is 0 Å². The first-order valence-corrected chi connectivity index (χ1v) is 7.40. The van der Waals surface area contributed by atoms with Crippen LogP contribution in [0.2, 0.25) is 0 Å². The minimum absolute atomic E-state index is 0.336. The van der Waals surface area contributed by atoms with Crippen LogP contribution in [0, 0.1) is 13.8 Å². The van der Waals surface area contributed by atoms with E-state index in [4.69, 9.17) is 0 Å². The second kappa shape index (κ2) is 5.66. The highest BCUT2D eigenvalue weighted by Crippen LogP contribution is 2.29. The zero-order valence-corrected chi connectivity index (χ0v) is 13.1. The van der Waals surface area contributed by atoms with E-state index in [9.17, 15) is 0 Å². The molecule has 0 saturated heterocycles. The second-order valence-corrected chi connectivity index (χ2v) is 6.64. The zero-order valence-electron chi connectivity index (χ0n) is 12.3. The van der Waals surface area contributed by atoms with Crippen molar-refractivity contribution in [2.45, 2.75) is 26.8 Å². The normalized spacial score (nSPS) is 12.3. The lowest BCUT2D eigenvalue weighted by Gasteiger charge is -2.18. The quantitative estimate of drug-likeness (QED) is 0.876. The summed E-state index contributed by atoms with van der Waals surface area (Å²) < 4.78 is 0. The van der Waals surface area contributed by atoms with Gasteiger partial charge in [0.15, 0.2) is 0 Å². The first-order valence-electron chi connectivity index (χ1n) is 6.58. The van der Waals surface area contributed by atoms with Crippen molar-refractivity contribution in [3.8, 4) is 0 Å². The number of thiophene rings is 1. The predicted octanol–water partition coefficient (Wildman–Crippen LogP) is 4.60. The van der Waals surface area contributed by atoms with E-state index in [-0.39, 0.29) is 0 Å². The lowest BCUT2D eigenvalue weighted by atomic mass is 10.1. The van der Waals surface area contributed by atoms with Crippen LogP contribution in [0.15, 0.2) is 30.3 Å². The molecule has 19 heavy (non-hydrogen) atoms. The number of nitrogens with zero attached hydrogens (tertiary/aromatic N) is 1. The van der Waals surface area contributed by atoms with Gasteiger partial charge < -0.3 is 10.2 Å². The monoisotopic (exact) mass is 274 g/mol. The van der Waals surface area contributed by atoms with Crippen LogP contribution in [-0.2, 0) is 0 Å². The topological polar surface area (TPSA) is 15.3 Å². The minimum Gasteiger partial charge on any atom is -0.378 e. The predicted molar refractivity (Wildman–Crippen MR) is 86.6 cm³/mol. The molecular formula is C16H22N2S. The SMILES string of the molecule is Cc1cc(C(C)Nc2cccc(N(C)C)c2)c(C)s1. The van der Waals surface area contributed by atoms with Gasteiger partial charge >= 0.3 is 0 Å². The number of hydrogen-bond acceptors (Lipinski definition) is 3. The third-order valence-electron chi connectivity index (χ3n) is 3.29. The van der Waals surface area contributed by atoms with E-state index in [1.54, 1.807) is 0 Å². The molecule has 0 radical (unpaired) electrons. The molecule has 1 heterocycles. The van der Waals surface area contributed by atoms with Gasteiger partial charge in [0.25, 0.3) is 0 Å². The van der Waals surface area contributed by atoms with Gasteiger partial charge in [-0.25, -0.2) is 0 Å². The molecule has 2 aromatic rings. The molecule has 1 N–H and O–H groups in total. The fourth-order valence-corrected chi connectivity index (χ4v) is 3.30. The maximum atomic E-state index is 3.59. The van der Waals surface area contributed by atoms with Crippen LogP contribution in [0.3, 0.4) is 0 Å². The van der Waals surface area contributed by atoms with Gasteiger partial charge in [-0.1, -0.05) is 6.07 Å². The van der Waals surface area contributed by atoms with Gasteiger partial charge in [0.1, 0.15) is 0 Å². The molecule has 0 amide bonds. The maximum Gasteiger partial charge on any atom is 0.0496 e. The number of rotatable bonds is 4. The molecule has 0 bridgehead atoms. The van der Waals surface area contributed by atoms with E-state index in [1.165, 1.54) is 26.7 Å². The van der Waals surface area contributed by atoms with Crippen molar-refractivity contribution in [2.75, 3.05) is 24.3 Å². The smallest absolute Gasteiger partial charge is 0.0496 e. The molecular weight excluding hydrogens is 252 g/mol. The molecule has 2 nitrogen and oxygen atoms in total. The molecule has 102 valence electrons. The van der Waals surface area contributed by atoms with E-state index >= 15 is 0 Å². The van der Waals surface area contributed by atoms with Crippen molar-refractivity contribution in [3.05, 3.63) is 45.6 Å². The summed E-state index contributed by atoms with van der Waals surface area (Å²) in [5.74, 6) is 0. The van der Waals surface area contributed by atoms with Gasteiger partial charge in [-0.3, -0.25) is 0 Å². The highest BCUT2D eigenvalue weighted by molar-refractivity contribution is 7.12. The van der Waals surface area contributed by atoms with Crippen LogP contribution < -0.4 is 10.2 Å². The Hall–Kier alpha value is -1.48. The van der Waals surface area contributed by atoms with Gasteiger partial charge in [-0.15, -0.1) is 11.3 Å². The average Bonchev–Trinajstić information content (AvgIpc) is 2.69. The Morgan fingerprint density at radius 2 is 1.89 bits per heavy atom. The van der Waals surface area contributed by atoms with Crippen molar-refractivity contribution in [2.24, 2.45) is 0 Å². The largest absolute Gasteiger partial charge is 0.378 e. The highest BCUT2D eigenvalue weighted by Gasteiger charge is 2.11. The van der Waals surface area contributed by atoms with Crippen LogP contribution in [0.5, 0.6) is 0 Å². The van der Waals surface area contributed by atoms with Crippen LogP contribution in [0.1, 0.15) is 28.3 Å². The third kappa shape index (κ3) is 3.29. The van der Waals surface area contributed by atoms with Gasteiger partial charge in [0.05, 0.1) is 0 Å². The molecule has 1 unspecified atom stereocenters. The fourth-order valence-electron chi connectivity index (χ4n) is 2.28. The summed E-state index contributed by atoms with van der Waals surface area (Å²) in [6.07, 6.45) is 0. The Labute approximate surface area is 120 Å². The van der Waals surface area contributed by atoms with Crippen molar-refractivity contribution >= 4 is 22.7 Å². The molecule has 0 aliphatic rings. The molecule has 1 atom stereocenters. The summed E-state index contributed by atoms with van der Waals surface area (Å²) in [5, 5.41) is 3.59. The molecule has 3 heteroatoms. The summed E-state index contributed by atoms with van der Waals surface area (Å²) in [6, 6.07) is 11.1. The molecule has 0 spiro atoms. The van der Waals surface area contributed by atoms with Crippen LogP contribution >= 0.6 is 11.3 Å². The molecule has 0 aliphatic heterocycles. The van der Waals surface area contributed by atoms with Crippen molar-refractivity contribution in [1.29, 1.82) is 0 Å². The second-order valence-electron chi connectivity index (χ2n) is 5.18. The van der Waals surface area contributed by atoms with E-state index < -0.39 is 0 Å². The van der Waals surface area contributed by atoms with Crippen molar-refractivity contribution < 1.29 is 0 Å². The lowest BCUT2D eigenvalue weighted by molar-refractivity contribution is 0.881. The minimum atomic E-state index is 0.336. The van der Waals surface area contributed by atoms with E-state index in [0.29, 0.717) is 6.04 Å². The summed E-state index contributed by atoms with van der Waals surface area (Å²) in [5.41, 5.74) is 3.79. The van der Waals surface area contributed by atoms with Crippen molar-refractivity contribution in [1.82, 2.24) is 0 Å². The zero-order chi connectivity index (χ0) is 14.0. The average molecular weight is 274 g/mol. The summed E-state index contributed by atoms with van der Waals surface area (Å²) in [4.78, 5) is 4.90. The molecule has 1 aromatic heterocycles. The molecule has 1 aromatic carbocycles. The van der Waals surface area contributed by atoms with E-state index in [1.807, 2.05) is 11.3 Å². The number of benzene rings is 1. The lowest BCUT2D eigenvalue weighted by Crippen LogP contribution is -2.10. The Morgan fingerprint density at radius 3 is 2.47 bits per heavy atom. The van der Waals surface area contributed by atoms with E-state index in [2.05, 4.69) is 75.4 Å². The number of nitrogens with one attached hydrogen (secondary N) is 1. The Morgan fingerprint density at radius 1 is 1.16 bits per heavy atom. The van der Waals surface area contributed by atoms with Gasteiger partial charge in [0.2, 0.25) is 0 Å². The molecule has 0 fully saturated rings. The van der Waals surface area contributed by atoms with Gasteiger partial charge in [-0.05, 0) is 50.6 Å². The number of hydrogen-bond donors (Lipinski definition) is 1. The Bertz CT molecular complexity index is 558. The van der Waals surface area contributed by atoms with Crippen molar-refractivity contribution in [3.63, 3.8) is 0 Å². The number of aryl methyl sites for hydroxylation is 2. The van der Waals surface area contributed by atoms with E-state index in [0.717, 1.165) is 0 Å². The Balaban J connectivity index is 2.17. The fraction of sp³-hybridized carbons (Fsp3) is 0.375. The number of anilines is 2. The third-order valence-corrected chi connectivity index (χ3v) is 4.27. The first-order chi connectivity index (χ1) is 8.97. The standard InChI is InChI=1S/C16H22N2S/c1-11-9-16(13(3)19-11)12(2)17-14-7-6-8-15(10-14)18(4)5/h6-10,12,17H,1-5H3. The van der Waals surface area contributed by atoms with Gasteiger partial charge in [0, 0.05) is 41.3 Å². The summed E-state index contributed by atoms with van der Waals surface area (Å²) in [6.45, 7) is 6.58. The summed E-state index contributed by atoms with van der Waals surface area (Å²) >= 11 is 1.87.